The van der Waals surface area contributed by atoms with Gasteiger partial charge in [0.05, 0.1) is 17.0 Å². The molecule has 7 heteroatoms. The summed E-state index contributed by atoms with van der Waals surface area (Å²) in [4.78, 5) is 27.6. The van der Waals surface area contributed by atoms with Gasteiger partial charge in [0.1, 0.15) is 0 Å². The van der Waals surface area contributed by atoms with Crippen LogP contribution >= 0.6 is 11.6 Å². The molecule has 2 N–H and O–H groups in total. The molecule has 1 aromatic carbocycles. The minimum absolute atomic E-state index is 0.0445. The summed E-state index contributed by atoms with van der Waals surface area (Å²) in [6, 6.07) is 5.29. The number of carbonyl (C=O) groups excluding carboxylic acids is 2. The molecule has 2 aromatic rings. The van der Waals surface area contributed by atoms with Gasteiger partial charge in [0, 0.05) is 37.0 Å². The van der Waals surface area contributed by atoms with Crippen molar-refractivity contribution in [2.45, 2.75) is 19.8 Å². The van der Waals surface area contributed by atoms with Gasteiger partial charge in [0.2, 0.25) is 11.8 Å². The van der Waals surface area contributed by atoms with Gasteiger partial charge in [-0.2, -0.15) is 0 Å². The van der Waals surface area contributed by atoms with E-state index < -0.39 is 0 Å². The third kappa shape index (κ3) is 3.94. The number of halogens is 1. The summed E-state index contributed by atoms with van der Waals surface area (Å²) in [7, 11) is 0. The fourth-order valence-corrected chi connectivity index (χ4v) is 2.82. The highest BCUT2D eigenvalue weighted by molar-refractivity contribution is 6.32. The minimum Gasteiger partial charge on any atom is -0.355 e. The van der Waals surface area contributed by atoms with Crippen LogP contribution in [0.4, 0.5) is 5.69 Å². The summed E-state index contributed by atoms with van der Waals surface area (Å²) in [5, 5.41) is 6.09. The first-order valence-corrected chi connectivity index (χ1v) is 8.28. The molecule has 0 radical (unpaired) electrons. The average Bonchev–Trinajstić information content (AvgIpc) is 3.05. The van der Waals surface area contributed by atoms with Crippen LogP contribution < -0.4 is 10.6 Å². The Balaban J connectivity index is 1.49. The van der Waals surface area contributed by atoms with Gasteiger partial charge in [-0.1, -0.05) is 18.5 Å². The van der Waals surface area contributed by atoms with Gasteiger partial charge in [-0.3, -0.25) is 9.59 Å². The van der Waals surface area contributed by atoms with Gasteiger partial charge in [-0.25, -0.2) is 4.98 Å². The van der Waals surface area contributed by atoms with Crippen molar-refractivity contribution >= 4 is 29.1 Å². The van der Waals surface area contributed by atoms with Crippen molar-refractivity contribution in [2.24, 2.45) is 11.8 Å². The lowest BCUT2D eigenvalue weighted by molar-refractivity contribution is -0.122. The molecular weight excluding hydrogens is 328 g/mol. The lowest BCUT2D eigenvalue weighted by Crippen LogP contribution is -2.29. The second kappa shape index (κ2) is 7.05. The summed E-state index contributed by atoms with van der Waals surface area (Å²) < 4.78 is 1.79. The quantitative estimate of drug-likeness (QED) is 0.844. The first-order chi connectivity index (χ1) is 11.5. The van der Waals surface area contributed by atoms with Crippen molar-refractivity contribution in [3.63, 3.8) is 0 Å². The highest BCUT2D eigenvalue weighted by atomic mass is 35.5. The number of hydrogen-bond donors (Lipinski definition) is 2. The first-order valence-electron chi connectivity index (χ1n) is 7.90. The fourth-order valence-electron chi connectivity index (χ4n) is 2.54. The Bertz CT molecular complexity index is 745. The molecule has 0 spiro atoms. The van der Waals surface area contributed by atoms with Crippen molar-refractivity contribution in [1.82, 2.24) is 14.9 Å². The maximum absolute atomic E-state index is 11.9. The molecule has 0 bridgehead atoms. The number of nitrogens with zero attached hydrogens (tertiary/aromatic N) is 2. The molecule has 24 heavy (non-hydrogen) atoms. The first kappa shape index (κ1) is 16.5. The Kier molecular flexibility index (Phi) is 4.85. The number of benzene rings is 1. The van der Waals surface area contributed by atoms with E-state index in [1.807, 2.05) is 13.0 Å². The number of carbonyl (C=O) groups is 2. The Morgan fingerprint density at radius 3 is 2.83 bits per heavy atom. The smallest absolute Gasteiger partial charge is 0.226 e. The van der Waals surface area contributed by atoms with Crippen LogP contribution in [0.25, 0.3) is 5.69 Å². The Morgan fingerprint density at radius 2 is 2.21 bits per heavy atom. The monoisotopic (exact) mass is 346 g/mol. The van der Waals surface area contributed by atoms with Crippen LogP contribution in [0.2, 0.25) is 5.02 Å². The fraction of sp³-hybridized carbons (Fsp3) is 0.353. The van der Waals surface area contributed by atoms with E-state index >= 15 is 0 Å². The van der Waals surface area contributed by atoms with Gasteiger partial charge in [-0.15, -0.1) is 0 Å². The molecule has 2 atom stereocenters. The molecule has 0 unspecified atom stereocenters. The molecule has 1 saturated carbocycles. The molecule has 1 aromatic heterocycles. The topological polar surface area (TPSA) is 76.0 Å². The Labute approximate surface area is 145 Å². The van der Waals surface area contributed by atoms with Gasteiger partial charge in [0.25, 0.3) is 0 Å². The summed E-state index contributed by atoms with van der Waals surface area (Å²) in [5.41, 5.74) is 1.41. The van der Waals surface area contributed by atoms with Crippen LogP contribution in [0.3, 0.4) is 0 Å². The van der Waals surface area contributed by atoms with Gasteiger partial charge in [0.15, 0.2) is 0 Å². The summed E-state index contributed by atoms with van der Waals surface area (Å²) >= 11 is 6.25. The van der Waals surface area contributed by atoms with E-state index in [9.17, 15) is 9.59 Å². The summed E-state index contributed by atoms with van der Waals surface area (Å²) in [6.45, 7) is 2.39. The SMILES string of the molecule is C[C@@H]1C[C@H]1C(=O)NCCC(=O)Nc1ccc(-n2ccnc2)c(Cl)c1. The molecule has 6 nitrogen and oxygen atoms in total. The Hall–Kier alpha value is -2.34. The zero-order valence-electron chi connectivity index (χ0n) is 13.3. The van der Waals surface area contributed by atoms with Crippen molar-refractivity contribution in [3.8, 4) is 5.69 Å². The number of rotatable bonds is 6. The second-order valence-electron chi connectivity index (χ2n) is 6.04. The van der Waals surface area contributed by atoms with Gasteiger partial charge < -0.3 is 15.2 Å². The maximum atomic E-state index is 11.9. The molecule has 126 valence electrons. The number of aromatic nitrogens is 2. The molecule has 2 amide bonds. The van der Waals surface area contributed by atoms with Crippen LogP contribution in [0.5, 0.6) is 0 Å². The zero-order chi connectivity index (χ0) is 17.1. The number of imidazole rings is 1. The minimum atomic E-state index is -0.161. The number of amides is 2. The van der Waals surface area contributed by atoms with Crippen LogP contribution in [0.15, 0.2) is 36.9 Å². The lowest BCUT2D eigenvalue weighted by Gasteiger charge is -2.10. The van der Waals surface area contributed by atoms with E-state index in [2.05, 4.69) is 15.6 Å². The van der Waals surface area contributed by atoms with Crippen molar-refractivity contribution in [1.29, 1.82) is 0 Å². The predicted octanol–water partition coefficient (Wildman–Crippen LogP) is 2.63. The van der Waals surface area contributed by atoms with E-state index in [0.717, 1.165) is 12.1 Å². The second-order valence-corrected chi connectivity index (χ2v) is 6.45. The summed E-state index contributed by atoms with van der Waals surface area (Å²) in [5.74, 6) is 0.478. The van der Waals surface area contributed by atoms with Crippen molar-refractivity contribution < 1.29 is 9.59 Å². The largest absolute Gasteiger partial charge is 0.355 e. The number of nitrogens with one attached hydrogen (secondary N) is 2. The Morgan fingerprint density at radius 1 is 1.42 bits per heavy atom. The molecule has 0 aliphatic heterocycles. The molecule has 1 fully saturated rings. The zero-order valence-corrected chi connectivity index (χ0v) is 14.1. The highest BCUT2D eigenvalue weighted by Gasteiger charge is 2.38. The molecule has 0 saturated heterocycles. The third-order valence-electron chi connectivity index (χ3n) is 4.11. The molecule has 1 aliphatic rings. The van der Waals surface area contributed by atoms with Crippen LogP contribution in [-0.4, -0.2) is 27.9 Å². The molecular formula is C17H19ClN4O2. The normalized spacial score (nSPS) is 18.9. The highest BCUT2D eigenvalue weighted by Crippen LogP contribution is 2.37. The van der Waals surface area contributed by atoms with E-state index in [-0.39, 0.29) is 24.2 Å². The third-order valence-corrected chi connectivity index (χ3v) is 4.41. The molecule has 1 aliphatic carbocycles. The van der Waals surface area contributed by atoms with E-state index in [1.165, 1.54) is 0 Å². The van der Waals surface area contributed by atoms with Crippen LogP contribution in [0, 0.1) is 11.8 Å². The standard InChI is InChI=1S/C17H19ClN4O2/c1-11-8-13(11)17(24)20-5-4-16(23)21-12-2-3-15(14(18)9-12)22-7-6-19-10-22/h2-3,6-7,9-11,13H,4-5,8H2,1H3,(H,20,24)(H,21,23)/t11-,13-/m1/s1. The summed E-state index contributed by atoms with van der Waals surface area (Å²) in [6.07, 6.45) is 6.29. The van der Waals surface area contributed by atoms with Gasteiger partial charge >= 0.3 is 0 Å². The number of hydrogen-bond acceptors (Lipinski definition) is 3. The van der Waals surface area contributed by atoms with Gasteiger partial charge in [-0.05, 0) is 30.5 Å². The van der Waals surface area contributed by atoms with Crippen molar-refractivity contribution in [2.75, 3.05) is 11.9 Å². The number of anilines is 1. The van der Waals surface area contributed by atoms with E-state index in [1.54, 1.807) is 35.4 Å². The predicted molar refractivity (Wildman–Crippen MR) is 92.1 cm³/mol. The van der Waals surface area contributed by atoms with E-state index in [4.69, 9.17) is 11.6 Å². The van der Waals surface area contributed by atoms with E-state index in [0.29, 0.717) is 23.2 Å². The molecule has 1 heterocycles. The van der Waals surface area contributed by atoms with Crippen LogP contribution in [0.1, 0.15) is 19.8 Å². The van der Waals surface area contributed by atoms with Crippen molar-refractivity contribution in [3.05, 3.63) is 41.9 Å². The average molecular weight is 347 g/mol. The maximum Gasteiger partial charge on any atom is 0.226 e. The lowest BCUT2D eigenvalue weighted by atomic mass is 10.2. The van der Waals surface area contributed by atoms with Crippen LogP contribution in [-0.2, 0) is 9.59 Å². The molecule has 3 rings (SSSR count).